The van der Waals surface area contributed by atoms with Crippen LogP contribution in [0.25, 0.3) is 0 Å². The molecule has 1 aromatic heterocycles. The molecule has 0 aliphatic rings. The first-order chi connectivity index (χ1) is 7.17. The maximum atomic E-state index is 10.5. The highest BCUT2D eigenvalue weighted by Crippen LogP contribution is 2.07. The van der Waals surface area contributed by atoms with Crippen LogP contribution in [0.2, 0.25) is 0 Å². The number of nitrogens with zero attached hydrogens (tertiary/aromatic N) is 1. The third kappa shape index (κ3) is 3.19. The van der Waals surface area contributed by atoms with E-state index in [1.54, 1.807) is 0 Å². The largest absolute Gasteiger partial charge is 0.477 e. The summed E-state index contributed by atoms with van der Waals surface area (Å²) in [6.07, 6.45) is 1.34. The number of pyridine rings is 1. The van der Waals surface area contributed by atoms with E-state index in [1.165, 1.54) is 18.3 Å². The summed E-state index contributed by atoms with van der Waals surface area (Å²) in [5.74, 6) is -1.09. The molecule has 0 spiro atoms. The van der Waals surface area contributed by atoms with Gasteiger partial charge in [0.25, 0.3) is 0 Å². The first-order valence-electron chi connectivity index (χ1n) is 4.35. The summed E-state index contributed by atoms with van der Waals surface area (Å²) in [7, 11) is 0. The number of carbonyl (C=O) groups is 1. The molecule has 0 saturated carbocycles. The Morgan fingerprint density at radius 2 is 2.07 bits per heavy atom. The maximum Gasteiger partial charge on any atom is 0.354 e. The van der Waals surface area contributed by atoms with Crippen molar-refractivity contribution in [2.45, 2.75) is 6.04 Å². The molecule has 0 bridgehead atoms. The van der Waals surface area contributed by atoms with Gasteiger partial charge in [-0.3, -0.25) is 0 Å². The van der Waals surface area contributed by atoms with Gasteiger partial charge in [0.1, 0.15) is 5.69 Å². The number of carboxylic acid groups (broad SMARTS) is 1. The smallest absolute Gasteiger partial charge is 0.354 e. The van der Waals surface area contributed by atoms with Crippen LogP contribution in [0.1, 0.15) is 10.5 Å². The molecule has 6 nitrogen and oxygen atoms in total. The van der Waals surface area contributed by atoms with Gasteiger partial charge >= 0.3 is 5.97 Å². The van der Waals surface area contributed by atoms with Crippen molar-refractivity contribution in [3.63, 3.8) is 0 Å². The monoisotopic (exact) mass is 212 g/mol. The van der Waals surface area contributed by atoms with E-state index < -0.39 is 12.0 Å². The van der Waals surface area contributed by atoms with Crippen LogP contribution in [0, 0.1) is 0 Å². The Bertz CT molecular complexity index is 321. The molecule has 1 aromatic rings. The number of aromatic nitrogens is 1. The highest BCUT2D eigenvalue weighted by atomic mass is 16.4. The molecule has 0 aromatic carbocycles. The Balaban J connectivity index is 2.67. The third-order valence-corrected chi connectivity index (χ3v) is 1.79. The Hall–Kier alpha value is -1.66. The summed E-state index contributed by atoms with van der Waals surface area (Å²) in [5.41, 5.74) is 0.498. The van der Waals surface area contributed by atoms with Gasteiger partial charge in [-0.2, -0.15) is 0 Å². The Labute approximate surface area is 86.2 Å². The van der Waals surface area contributed by atoms with Crippen molar-refractivity contribution >= 4 is 11.7 Å². The predicted octanol–water partition coefficient (Wildman–Crippen LogP) is -0.455. The topological polar surface area (TPSA) is 103 Å². The molecule has 0 aliphatic heterocycles. The molecule has 82 valence electrons. The standard InChI is InChI=1S/C9H12N2O4/c12-4-7(5-13)11-6-1-2-8(9(14)15)10-3-6/h1-3,7,11-13H,4-5H2,(H,14,15). The van der Waals surface area contributed by atoms with Crippen molar-refractivity contribution < 1.29 is 20.1 Å². The molecule has 0 radical (unpaired) electrons. The van der Waals surface area contributed by atoms with Crippen molar-refractivity contribution in [2.75, 3.05) is 18.5 Å². The SMILES string of the molecule is O=C(O)c1ccc(NC(CO)CO)cn1. The van der Waals surface area contributed by atoms with Gasteiger partial charge in [-0.25, -0.2) is 9.78 Å². The highest BCUT2D eigenvalue weighted by molar-refractivity contribution is 5.85. The number of anilines is 1. The zero-order chi connectivity index (χ0) is 11.3. The lowest BCUT2D eigenvalue weighted by Crippen LogP contribution is -2.27. The van der Waals surface area contributed by atoms with Crippen molar-refractivity contribution in [1.29, 1.82) is 0 Å². The van der Waals surface area contributed by atoms with E-state index in [0.29, 0.717) is 5.69 Å². The number of aromatic carboxylic acids is 1. The second-order valence-electron chi connectivity index (χ2n) is 2.94. The van der Waals surface area contributed by atoms with Crippen LogP contribution in [-0.2, 0) is 0 Å². The van der Waals surface area contributed by atoms with E-state index in [0.717, 1.165) is 0 Å². The van der Waals surface area contributed by atoms with E-state index in [2.05, 4.69) is 10.3 Å². The first-order valence-corrected chi connectivity index (χ1v) is 4.35. The molecule has 0 amide bonds. The first kappa shape index (κ1) is 11.4. The Kier molecular flexibility index (Phi) is 4.02. The highest BCUT2D eigenvalue weighted by Gasteiger charge is 2.07. The maximum absolute atomic E-state index is 10.5. The van der Waals surface area contributed by atoms with Crippen molar-refractivity contribution in [2.24, 2.45) is 0 Å². The van der Waals surface area contributed by atoms with Gasteiger partial charge in [-0.1, -0.05) is 0 Å². The van der Waals surface area contributed by atoms with E-state index >= 15 is 0 Å². The molecule has 0 unspecified atom stereocenters. The molecule has 1 heterocycles. The van der Waals surface area contributed by atoms with Crippen LogP contribution in [0.15, 0.2) is 18.3 Å². The number of aliphatic hydroxyl groups excluding tert-OH is 2. The average molecular weight is 212 g/mol. The number of carboxylic acids is 1. The van der Waals surface area contributed by atoms with E-state index in [-0.39, 0.29) is 18.9 Å². The second-order valence-corrected chi connectivity index (χ2v) is 2.94. The van der Waals surface area contributed by atoms with Crippen LogP contribution in [0.5, 0.6) is 0 Å². The van der Waals surface area contributed by atoms with Gasteiger partial charge < -0.3 is 20.6 Å². The number of hydrogen-bond donors (Lipinski definition) is 4. The summed E-state index contributed by atoms with van der Waals surface area (Å²) < 4.78 is 0. The third-order valence-electron chi connectivity index (χ3n) is 1.79. The molecule has 0 atom stereocenters. The second kappa shape index (κ2) is 5.28. The molecule has 4 N–H and O–H groups in total. The van der Waals surface area contributed by atoms with Crippen LogP contribution < -0.4 is 5.32 Å². The minimum Gasteiger partial charge on any atom is -0.477 e. The summed E-state index contributed by atoms with van der Waals surface area (Å²) in [6.45, 7) is -0.422. The van der Waals surface area contributed by atoms with Crippen molar-refractivity contribution in [1.82, 2.24) is 4.98 Å². The van der Waals surface area contributed by atoms with Gasteiger partial charge in [-0.05, 0) is 12.1 Å². The predicted molar refractivity (Wildman–Crippen MR) is 52.8 cm³/mol. The Morgan fingerprint density at radius 3 is 2.47 bits per heavy atom. The lowest BCUT2D eigenvalue weighted by atomic mass is 10.3. The molecular weight excluding hydrogens is 200 g/mol. The van der Waals surface area contributed by atoms with E-state index in [9.17, 15) is 4.79 Å². The molecule has 0 saturated heterocycles. The summed E-state index contributed by atoms with van der Waals surface area (Å²) in [5, 5.41) is 29.0. The fourth-order valence-corrected chi connectivity index (χ4v) is 0.990. The fraction of sp³-hybridized carbons (Fsp3) is 0.333. The zero-order valence-corrected chi connectivity index (χ0v) is 7.92. The molecule has 1 rings (SSSR count). The minimum absolute atomic E-state index is 0.0508. The van der Waals surface area contributed by atoms with Gasteiger partial charge in [0.05, 0.1) is 31.1 Å². The number of nitrogens with one attached hydrogen (secondary N) is 1. The summed E-state index contributed by atoms with van der Waals surface area (Å²) in [6, 6.07) is 2.40. The quantitative estimate of drug-likeness (QED) is 0.527. The van der Waals surface area contributed by atoms with Gasteiger partial charge in [0.2, 0.25) is 0 Å². The lowest BCUT2D eigenvalue weighted by Gasteiger charge is -2.14. The molecular formula is C9H12N2O4. The molecule has 15 heavy (non-hydrogen) atoms. The molecule has 6 heteroatoms. The van der Waals surface area contributed by atoms with Crippen LogP contribution >= 0.6 is 0 Å². The fourth-order valence-electron chi connectivity index (χ4n) is 0.990. The summed E-state index contributed by atoms with van der Waals surface area (Å²) >= 11 is 0. The lowest BCUT2D eigenvalue weighted by molar-refractivity contribution is 0.0690. The van der Waals surface area contributed by atoms with Crippen LogP contribution in [0.3, 0.4) is 0 Å². The molecule has 0 fully saturated rings. The zero-order valence-electron chi connectivity index (χ0n) is 7.92. The van der Waals surface area contributed by atoms with Crippen molar-refractivity contribution in [3.8, 4) is 0 Å². The average Bonchev–Trinajstić information content (AvgIpc) is 2.26. The summed E-state index contributed by atoms with van der Waals surface area (Å²) in [4.78, 5) is 14.2. The van der Waals surface area contributed by atoms with Gasteiger partial charge in [0.15, 0.2) is 0 Å². The molecule has 0 aliphatic carbocycles. The van der Waals surface area contributed by atoms with Gasteiger partial charge in [-0.15, -0.1) is 0 Å². The van der Waals surface area contributed by atoms with E-state index in [4.69, 9.17) is 15.3 Å². The Morgan fingerprint density at radius 1 is 1.40 bits per heavy atom. The minimum atomic E-state index is -1.09. The van der Waals surface area contributed by atoms with E-state index in [1.807, 2.05) is 0 Å². The van der Waals surface area contributed by atoms with Crippen LogP contribution in [-0.4, -0.2) is 45.5 Å². The number of hydrogen-bond acceptors (Lipinski definition) is 5. The number of aliphatic hydroxyl groups is 2. The van der Waals surface area contributed by atoms with Gasteiger partial charge in [0, 0.05) is 0 Å². The van der Waals surface area contributed by atoms with Crippen molar-refractivity contribution in [3.05, 3.63) is 24.0 Å². The van der Waals surface area contributed by atoms with Crippen LogP contribution in [0.4, 0.5) is 5.69 Å². The normalized spacial score (nSPS) is 10.3. The number of rotatable bonds is 5.